The summed E-state index contributed by atoms with van der Waals surface area (Å²) in [6, 6.07) is 0.454. The van der Waals surface area contributed by atoms with Gasteiger partial charge >= 0.3 is 0 Å². The highest BCUT2D eigenvalue weighted by atomic mass is 16.5. The van der Waals surface area contributed by atoms with Crippen LogP contribution in [0, 0.1) is 5.92 Å². The van der Waals surface area contributed by atoms with Gasteiger partial charge < -0.3 is 15.4 Å². The van der Waals surface area contributed by atoms with E-state index in [0.717, 1.165) is 32.5 Å². The predicted octanol–water partition coefficient (Wildman–Crippen LogP) is 1.84. The molecule has 4 nitrogen and oxygen atoms in total. The third-order valence-electron chi connectivity index (χ3n) is 4.46. The summed E-state index contributed by atoms with van der Waals surface area (Å²) in [6.07, 6.45) is 7.79. The molecular formula is C15H28N2O2. The van der Waals surface area contributed by atoms with E-state index in [2.05, 4.69) is 17.6 Å². The first-order valence-corrected chi connectivity index (χ1v) is 7.91. The summed E-state index contributed by atoms with van der Waals surface area (Å²) in [5, 5.41) is 6.62. The van der Waals surface area contributed by atoms with Crippen LogP contribution >= 0.6 is 0 Å². The van der Waals surface area contributed by atoms with Gasteiger partial charge in [-0.15, -0.1) is 0 Å². The van der Waals surface area contributed by atoms with E-state index in [-0.39, 0.29) is 12.0 Å². The second-order valence-electron chi connectivity index (χ2n) is 5.87. The van der Waals surface area contributed by atoms with Crippen LogP contribution in [-0.2, 0) is 9.53 Å². The highest BCUT2D eigenvalue weighted by Gasteiger charge is 2.24. The van der Waals surface area contributed by atoms with Gasteiger partial charge in [0.2, 0.25) is 5.91 Å². The number of carbonyl (C=O) groups excluding carboxylic acids is 1. The SMILES string of the molecule is CCC1CCCNC1CNC(=O)CC1CCCCO1. The van der Waals surface area contributed by atoms with Crippen molar-refractivity contribution < 1.29 is 9.53 Å². The lowest BCUT2D eigenvalue weighted by Gasteiger charge is -2.32. The quantitative estimate of drug-likeness (QED) is 0.800. The molecule has 0 aliphatic carbocycles. The van der Waals surface area contributed by atoms with Gasteiger partial charge in [-0.05, 0) is 44.6 Å². The molecule has 2 fully saturated rings. The Morgan fingerprint density at radius 2 is 2.21 bits per heavy atom. The molecule has 0 aromatic carbocycles. The van der Waals surface area contributed by atoms with E-state index >= 15 is 0 Å². The summed E-state index contributed by atoms with van der Waals surface area (Å²) in [5.41, 5.74) is 0. The third-order valence-corrected chi connectivity index (χ3v) is 4.46. The number of amides is 1. The first kappa shape index (κ1) is 14.8. The zero-order chi connectivity index (χ0) is 13.5. The Bertz CT molecular complexity index is 277. The van der Waals surface area contributed by atoms with Gasteiger partial charge in [0.05, 0.1) is 12.5 Å². The molecule has 110 valence electrons. The Labute approximate surface area is 116 Å². The van der Waals surface area contributed by atoms with E-state index in [9.17, 15) is 4.79 Å². The van der Waals surface area contributed by atoms with Gasteiger partial charge in [0.15, 0.2) is 0 Å². The van der Waals surface area contributed by atoms with Crippen molar-refractivity contribution >= 4 is 5.91 Å². The second kappa shape index (κ2) is 7.85. The number of piperidine rings is 1. The fourth-order valence-corrected chi connectivity index (χ4v) is 3.22. The van der Waals surface area contributed by atoms with Crippen LogP contribution in [0.15, 0.2) is 0 Å². The standard InChI is InChI=1S/C15H28N2O2/c1-2-12-6-5-8-16-14(12)11-17-15(18)10-13-7-3-4-9-19-13/h12-14,16H,2-11H2,1H3,(H,17,18). The molecule has 0 spiro atoms. The van der Waals surface area contributed by atoms with Gasteiger partial charge in [-0.25, -0.2) is 0 Å². The number of rotatable bonds is 5. The van der Waals surface area contributed by atoms with Gasteiger partial charge in [-0.3, -0.25) is 4.79 Å². The number of hydrogen-bond acceptors (Lipinski definition) is 3. The zero-order valence-electron chi connectivity index (χ0n) is 12.1. The lowest BCUT2D eigenvalue weighted by atomic mass is 9.88. The maximum atomic E-state index is 11.9. The fraction of sp³-hybridized carbons (Fsp3) is 0.933. The van der Waals surface area contributed by atoms with Crippen LogP contribution in [0.25, 0.3) is 0 Å². The van der Waals surface area contributed by atoms with Gasteiger partial charge in [-0.1, -0.05) is 13.3 Å². The summed E-state index contributed by atoms with van der Waals surface area (Å²) in [7, 11) is 0. The molecule has 2 N–H and O–H groups in total. The monoisotopic (exact) mass is 268 g/mol. The predicted molar refractivity (Wildman–Crippen MR) is 76.0 cm³/mol. The first-order chi connectivity index (χ1) is 9.29. The van der Waals surface area contributed by atoms with Crippen molar-refractivity contribution in [3.8, 4) is 0 Å². The summed E-state index contributed by atoms with van der Waals surface area (Å²) in [5.74, 6) is 0.856. The van der Waals surface area contributed by atoms with Crippen LogP contribution in [0.5, 0.6) is 0 Å². The van der Waals surface area contributed by atoms with Crippen molar-refractivity contribution in [1.29, 1.82) is 0 Å². The minimum absolute atomic E-state index is 0.147. The Hall–Kier alpha value is -0.610. The van der Waals surface area contributed by atoms with E-state index in [0.29, 0.717) is 18.4 Å². The summed E-state index contributed by atoms with van der Waals surface area (Å²) in [6.45, 7) is 4.91. The average molecular weight is 268 g/mol. The molecule has 0 saturated carbocycles. The number of ether oxygens (including phenoxy) is 1. The minimum atomic E-state index is 0.147. The molecule has 0 aromatic heterocycles. The van der Waals surface area contributed by atoms with Gasteiger partial charge in [-0.2, -0.15) is 0 Å². The maximum absolute atomic E-state index is 11.9. The lowest BCUT2D eigenvalue weighted by Crippen LogP contribution is -2.48. The highest BCUT2D eigenvalue weighted by Crippen LogP contribution is 2.19. The molecule has 0 aromatic rings. The molecule has 2 heterocycles. The van der Waals surface area contributed by atoms with Crippen LogP contribution < -0.4 is 10.6 Å². The normalized spacial score (nSPS) is 31.9. The molecule has 2 rings (SSSR count). The summed E-state index contributed by atoms with van der Waals surface area (Å²) < 4.78 is 5.61. The largest absolute Gasteiger partial charge is 0.378 e. The van der Waals surface area contributed by atoms with E-state index < -0.39 is 0 Å². The molecule has 2 aliphatic heterocycles. The molecule has 0 radical (unpaired) electrons. The van der Waals surface area contributed by atoms with E-state index in [1.54, 1.807) is 0 Å². The van der Waals surface area contributed by atoms with Crippen molar-refractivity contribution in [2.45, 2.75) is 64.0 Å². The van der Waals surface area contributed by atoms with Crippen molar-refractivity contribution in [2.24, 2.45) is 5.92 Å². The van der Waals surface area contributed by atoms with Crippen LogP contribution in [0.2, 0.25) is 0 Å². The average Bonchev–Trinajstić information content (AvgIpc) is 2.46. The third kappa shape index (κ3) is 4.77. The molecule has 19 heavy (non-hydrogen) atoms. The molecule has 3 unspecified atom stereocenters. The topological polar surface area (TPSA) is 50.4 Å². The smallest absolute Gasteiger partial charge is 0.222 e. The summed E-state index contributed by atoms with van der Waals surface area (Å²) >= 11 is 0. The fourth-order valence-electron chi connectivity index (χ4n) is 3.22. The number of hydrogen-bond donors (Lipinski definition) is 2. The Balaban J connectivity index is 1.67. The molecule has 0 bridgehead atoms. The molecule has 2 saturated heterocycles. The van der Waals surface area contributed by atoms with Gasteiger partial charge in [0.1, 0.15) is 0 Å². The van der Waals surface area contributed by atoms with E-state index in [4.69, 9.17) is 4.74 Å². The second-order valence-corrected chi connectivity index (χ2v) is 5.87. The van der Waals surface area contributed by atoms with Crippen LogP contribution in [-0.4, -0.2) is 37.7 Å². The molecule has 2 aliphatic rings. The van der Waals surface area contributed by atoms with Gasteiger partial charge in [0.25, 0.3) is 0 Å². The number of carbonyl (C=O) groups is 1. The Morgan fingerprint density at radius 1 is 1.32 bits per heavy atom. The Morgan fingerprint density at radius 3 is 2.95 bits per heavy atom. The van der Waals surface area contributed by atoms with Crippen molar-refractivity contribution in [3.63, 3.8) is 0 Å². The van der Waals surface area contributed by atoms with Crippen LogP contribution in [0.1, 0.15) is 51.9 Å². The molecule has 1 amide bonds. The summed E-state index contributed by atoms with van der Waals surface area (Å²) in [4.78, 5) is 11.9. The highest BCUT2D eigenvalue weighted by molar-refractivity contribution is 5.76. The zero-order valence-corrected chi connectivity index (χ0v) is 12.1. The molecule has 4 heteroatoms. The van der Waals surface area contributed by atoms with Crippen LogP contribution in [0.3, 0.4) is 0 Å². The molecule has 3 atom stereocenters. The van der Waals surface area contributed by atoms with Crippen molar-refractivity contribution in [2.75, 3.05) is 19.7 Å². The van der Waals surface area contributed by atoms with Gasteiger partial charge in [0, 0.05) is 19.2 Å². The minimum Gasteiger partial charge on any atom is -0.378 e. The van der Waals surface area contributed by atoms with Crippen molar-refractivity contribution in [1.82, 2.24) is 10.6 Å². The van der Waals surface area contributed by atoms with Crippen LogP contribution in [0.4, 0.5) is 0 Å². The lowest BCUT2D eigenvalue weighted by molar-refractivity contribution is -0.125. The number of nitrogens with one attached hydrogen (secondary N) is 2. The van der Waals surface area contributed by atoms with Crippen molar-refractivity contribution in [3.05, 3.63) is 0 Å². The van der Waals surface area contributed by atoms with E-state index in [1.807, 2.05) is 0 Å². The van der Waals surface area contributed by atoms with E-state index in [1.165, 1.54) is 25.7 Å². The molecular weight excluding hydrogens is 240 g/mol. The maximum Gasteiger partial charge on any atom is 0.222 e. The Kier molecular flexibility index (Phi) is 6.11. The first-order valence-electron chi connectivity index (χ1n) is 7.91.